The zero-order valence-corrected chi connectivity index (χ0v) is 13.6. The molecular formula is C11H9Br2N5O3. The van der Waals surface area contributed by atoms with Crippen molar-refractivity contribution in [3.8, 4) is 0 Å². The first-order valence-electron chi connectivity index (χ1n) is 5.59. The molecule has 0 aliphatic rings. The van der Waals surface area contributed by atoms with Gasteiger partial charge in [0.1, 0.15) is 4.47 Å². The minimum absolute atomic E-state index is 0.245. The first-order chi connectivity index (χ1) is 9.92. The van der Waals surface area contributed by atoms with E-state index < -0.39 is 10.8 Å². The number of nitrogens with two attached hydrogens (primary N) is 1. The van der Waals surface area contributed by atoms with Gasteiger partial charge in [0, 0.05) is 10.0 Å². The van der Waals surface area contributed by atoms with Gasteiger partial charge in [-0.05, 0) is 38.5 Å². The van der Waals surface area contributed by atoms with Crippen molar-refractivity contribution in [2.75, 3.05) is 0 Å². The SMILES string of the molecule is NNC(=O)c1ccc(Cn2cc(Br)c([N+](=O)[O-])n2)c(Br)c1. The average Bonchev–Trinajstić information content (AvgIpc) is 2.81. The Morgan fingerprint density at radius 2 is 2.14 bits per heavy atom. The molecule has 0 aliphatic carbocycles. The third-order valence-corrected chi connectivity index (χ3v) is 3.95. The normalized spacial score (nSPS) is 10.4. The summed E-state index contributed by atoms with van der Waals surface area (Å²) in [6, 6.07) is 4.94. The van der Waals surface area contributed by atoms with E-state index in [1.54, 1.807) is 18.2 Å². The van der Waals surface area contributed by atoms with Gasteiger partial charge in [0.15, 0.2) is 0 Å². The number of hydrazine groups is 1. The molecule has 0 aliphatic heterocycles. The van der Waals surface area contributed by atoms with E-state index in [1.807, 2.05) is 5.43 Å². The molecule has 8 nitrogen and oxygen atoms in total. The Hall–Kier alpha value is -1.78. The second kappa shape index (κ2) is 6.33. The van der Waals surface area contributed by atoms with Gasteiger partial charge in [-0.15, -0.1) is 0 Å². The topological polar surface area (TPSA) is 116 Å². The van der Waals surface area contributed by atoms with E-state index in [0.29, 0.717) is 21.1 Å². The average molecular weight is 419 g/mol. The maximum atomic E-state index is 11.4. The Bertz CT molecular complexity index is 716. The molecule has 2 aromatic rings. The summed E-state index contributed by atoms with van der Waals surface area (Å²) in [7, 11) is 0. The van der Waals surface area contributed by atoms with Crippen LogP contribution in [0, 0.1) is 10.1 Å². The Morgan fingerprint density at radius 3 is 2.67 bits per heavy atom. The van der Waals surface area contributed by atoms with E-state index in [-0.39, 0.29) is 5.82 Å². The fourth-order valence-corrected chi connectivity index (χ4v) is 2.63. The molecule has 0 atom stereocenters. The maximum Gasteiger partial charge on any atom is 0.404 e. The summed E-state index contributed by atoms with van der Waals surface area (Å²) in [6.07, 6.45) is 1.52. The Morgan fingerprint density at radius 1 is 1.43 bits per heavy atom. The molecule has 21 heavy (non-hydrogen) atoms. The lowest BCUT2D eigenvalue weighted by Gasteiger charge is -2.05. The van der Waals surface area contributed by atoms with Crippen LogP contribution in [0.2, 0.25) is 0 Å². The lowest BCUT2D eigenvalue weighted by Crippen LogP contribution is -2.29. The highest BCUT2D eigenvalue weighted by molar-refractivity contribution is 9.10. The van der Waals surface area contributed by atoms with Crippen LogP contribution in [0.3, 0.4) is 0 Å². The molecule has 0 spiro atoms. The standard InChI is InChI=1S/C11H9Br2N5O3/c12-8-3-6(11(19)15-14)1-2-7(8)4-17-5-9(13)10(16-17)18(20)21/h1-3,5H,4,14H2,(H,15,19). The number of halogens is 2. The molecule has 0 saturated carbocycles. The molecular weight excluding hydrogens is 410 g/mol. The van der Waals surface area contributed by atoms with Crippen LogP contribution in [0.15, 0.2) is 33.3 Å². The fraction of sp³-hybridized carbons (Fsp3) is 0.0909. The largest absolute Gasteiger partial charge is 0.404 e. The lowest BCUT2D eigenvalue weighted by molar-refractivity contribution is -0.390. The number of carbonyl (C=O) groups is 1. The summed E-state index contributed by atoms with van der Waals surface area (Å²) in [5.41, 5.74) is 3.26. The van der Waals surface area contributed by atoms with Crippen LogP contribution in [-0.4, -0.2) is 20.6 Å². The summed E-state index contributed by atoms with van der Waals surface area (Å²) < 4.78 is 2.42. The highest BCUT2D eigenvalue weighted by Gasteiger charge is 2.19. The molecule has 0 fully saturated rings. The van der Waals surface area contributed by atoms with E-state index in [0.717, 1.165) is 5.56 Å². The van der Waals surface area contributed by atoms with Crippen LogP contribution >= 0.6 is 31.9 Å². The van der Waals surface area contributed by atoms with Gasteiger partial charge in [-0.1, -0.05) is 22.0 Å². The number of hydrogen-bond donors (Lipinski definition) is 2. The van der Waals surface area contributed by atoms with Crippen molar-refractivity contribution in [3.05, 3.63) is 54.6 Å². The first-order valence-corrected chi connectivity index (χ1v) is 7.17. The van der Waals surface area contributed by atoms with Gasteiger partial charge in [-0.3, -0.25) is 10.2 Å². The number of carbonyl (C=O) groups excluding carboxylic acids is 1. The molecule has 1 aromatic carbocycles. The third kappa shape index (κ3) is 3.46. The number of nitrogens with zero attached hydrogens (tertiary/aromatic N) is 3. The van der Waals surface area contributed by atoms with Crippen molar-refractivity contribution < 1.29 is 9.72 Å². The first kappa shape index (κ1) is 15.6. The van der Waals surface area contributed by atoms with E-state index in [2.05, 4.69) is 37.0 Å². The molecule has 3 N–H and O–H groups in total. The van der Waals surface area contributed by atoms with E-state index in [9.17, 15) is 14.9 Å². The molecule has 0 saturated heterocycles. The van der Waals surface area contributed by atoms with Crippen molar-refractivity contribution in [3.63, 3.8) is 0 Å². The van der Waals surface area contributed by atoms with Gasteiger partial charge in [0.25, 0.3) is 5.91 Å². The van der Waals surface area contributed by atoms with Gasteiger partial charge < -0.3 is 10.1 Å². The number of rotatable bonds is 4. The molecule has 1 amide bonds. The molecule has 0 unspecified atom stereocenters. The van der Waals surface area contributed by atoms with E-state index in [1.165, 1.54) is 10.9 Å². The van der Waals surface area contributed by atoms with Gasteiger partial charge in [0.05, 0.1) is 17.8 Å². The van der Waals surface area contributed by atoms with Gasteiger partial charge >= 0.3 is 5.82 Å². The van der Waals surface area contributed by atoms with Crippen molar-refractivity contribution in [1.29, 1.82) is 0 Å². The van der Waals surface area contributed by atoms with Crippen LogP contribution in [0.1, 0.15) is 15.9 Å². The third-order valence-electron chi connectivity index (χ3n) is 2.65. The number of nitrogens with one attached hydrogen (secondary N) is 1. The fourth-order valence-electron chi connectivity index (χ4n) is 1.67. The van der Waals surface area contributed by atoms with Crippen LogP contribution in [0.5, 0.6) is 0 Å². The van der Waals surface area contributed by atoms with Crippen LogP contribution in [-0.2, 0) is 6.54 Å². The lowest BCUT2D eigenvalue weighted by atomic mass is 10.1. The van der Waals surface area contributed by atoms with Crippen molar-refractivity contribution in [2.24, 2.45) is 5.84 Å². The molecule has 2 rings (SSSR count). The highest BCUT2D eigenvalue weighted by Crippen LogP contribution is 2.24. The molecule has 1 heterocycles. The van der Waals surface area contributed by atoms with Gasteiger partial charge in [-0.25, -0.2) is 5.84 Å². The number of hydrogen-bond acceptors (Lipinski definition) is 5. The monoisotopic (exact) mass is 417 g/mol. The second-order valence-electron chi connectivity index (χ2n) is 4.03. The predicted octanol–water partition coefficient (Wildman–Crippen LogP) is 1.97. The quantitative estimate of drug-likeness (QED) is 0.340. The van der Waals surface area contributed by atoms with Crippen LogP contribution < -0.4 is 11.3 Å². The Labute approximate surface area is 135 Å². The summed E-state index contributed by atoms with van der Waals surface area (Å²) in [5, 5.41) is 14.6. The van der Waals surface area contributed by atoms with Gasteiger partial charge in [0.2, 0.25) is 0 Å². The predicted molar refractivity (Wildman–Crippen MR) is 81.5 cm³/mol. The number of amides is 1. The summed E-state index contributed by atoms with van der Waals surface area (Å²) in [6.45, 7) is 0.317. The summed E-state index contributed by atoms with van der Waals surface area (Å²) >= 11 is 6.43. The minimum Gasteiger partial charge on any atom is -0.358 e. The zero-order chi connectivity index (χ0) is 15.6. The van der Waals surface area contributed by atoms with Crippen molar-refractivity contribution in [1.82, 2.24) is 15.2 Å². The molecule has 10 heteroatoms. The summed E-state index contributed by atoms with van der Waals surface area (Å²) in [4.78, 5) is 21.6. The number of benzene rings is 1. The molecule has 0 bridgehead atoms. The summed E-state index contributed by atoms with van der Waals surface area (Å²) in [5.74, 6) is 4.42. The van der Waals surface area contributed by atoms with Crippen LogP contribution in [0.4, 0.5) is 5.82 Å². The van der Waals surface area contributed by atoms with Crippen LogP contribution in [0.25, 0.3) is 0 Å². The number of aromatic nitrogens is 2. The maximum absolute atomic E-state index is 11.4. The smallest absolute Gasteiger partial charge is 0.358 e. The molecule has 110 valence electrons. The van der Waals surface area contributed by atoms with Gasteiger partial charge in [-0.2, -0.15) is 4.68 Å². The van der Waals surface area contributed by atoms with Crippen molar-refractivity contribution >= 4 is 43.6 Å². The Kier molecular flexibility index (Phi) is 4.70. The highest BCUT2D eigenvalue weighted by atomic mass is 79.9. The molecule has 1 aromatic heterocycles. The minimum atomic E-state index is -0.565. The number of nitro groups is 1. The molecule has 0 radical (unpaired) electrons. The second-order valence-corrected chi connectivity index (χ2v) is 5.74. The number of nitrogen functional groups attached to an aromatic ring is 1. The van der Waals surface area contributed by atoms with E-state index in [4.69, 9.17) is 5.84 Å². The van der Waals surface area contributed by atoms with Crippen molar-refractivity contribution in [2.45, 2.75) is 6.54 Å². The zero-order valence-electron chi connectivity index (χ0n) is 10.4. The Balaban J connectivity index is 2.26. The van der Waals surface area contributed by atoms with E-state index >= 15 is 0 Å².